The van der Waals surface area contributed by atoms with E-state index in [4.69, 9.17) is 5.73 Å². The molecule has 3 N–H and O–H groups in total. The zero-order chi connectivity index (χ0) is 11.3. The molecule has 1 atom stereocenters. The number of aliphatic hydroxyl groups is 1. The molecule has 1 aromatic rings. The molecule has 0 fully saturated rings. The van der Waals surface area contributed by atoms with Crippen LogP contribution in [0.1, 0.15) is 31.4 Å². The van der Waals surface area contributed by atoms with Gasteiger partial charge in [0.05, 0.1) is 0 Å². The number of benzene rings is 1. The van der Waals surface area contributed by atoms with Crippen LogP contribution in [0.15, 0.2) is 18.2 Å². The highest BCUT2D eigenvalue weighted by molar-refractivity contribution is 5.57. The number of hydrogen-bond donors (Lipinski definition) is 2. The maximum absolute atomic E-state index is 9.32. The van der Waals surface area contributed by atoms with Crippen molar-refractivity contribution in [3.63, 3.8) is 0 Å². The minimum Gasteiger partial charge on any atom is -0.398 e. The van der Waals surface area contributed by atoms with E-state index in [2.05, 4.69) is 18.8 Å². The molecule has 15 heavy (non-hydrogen) atoms. The third-order valence-corrected chi connectivity index (χ3v) is 2.29. The second-order valence-electron chi connectivity index (χ2n) is 3.47. The van der Waals surface area contributed by atoms with Crippen molar-refractivity contribution in [2.24, 2.45) is 0 Å². The Morgan fingerprint density at radius 1 is 1.40 bits per heavy atom. The van der Waals surface area contributed by atoms with E-state index in [-0.39, 0.29) is 0 Å². The molecule has 0 saturated carbocycles. The monoisotopic (exact) mass is 203 g/mol. The van der Waals surface area contributed by atoms with Crippen molar-refractivity contribution in [2.75, 3.05) is 5.73 Å². The maximum atomic E-state index is 9.32. The zero-order valence-electron chi connectivity index (χ0n) is 9.25. The van der Waals surface area contributed by atoms with Crippen LogP contribution in [0, 0.1) is 11.8 Å². The highest BCUT2D eigenvalue weighted by atomic mass is 16.3. The predicted molar refractivity (Wildman–Crippen MR) is 63.4 cm³/mol. The van der Waals surface area contributed by atoms with Gasteiger partial charge < -0.3 is 10.8 Å². The Bertz CT molecular complexity index is 387. The Kier molecular flexibility index (Phi) is 4.20. The summed E-state index contributed by atoms with van der Waals surface area (Å²) in [7, 11) is 0. The lowest BCUT2D eigenvalue weighted by atomic mass is 10.1. The van der Waals surface area contributed by atoms with Gasteiger partial charge in [0.2, 0.25) is 0 Å². The molecule has 0 amide bonds. The van der Waals surface area contributed by atoms with Gasteiger partial charge in [-0.05, 0) is 30.5 Å². The number of nitrogens with two attached hydrogens (primary N) is 1. The fraction of sp³-hybridized carbons (Fsp3) is 0.385. The molecule has 0 saturated heterocycles. The smallest absolute Gasteiger partial charge is 0.114 e. The SMILES string of the molecule is CCc1ccc(N)c(C#C[C@@H](O)CC)c1. The van der Waals surface area contributed by atoms with Gasteiger partial charge in [-0.1, -0.05) is 31.8 Å². The largest absolute Gasteiger partial charge is 0.398 e. The minimum atomic E-state index is -0.560. The van der Waals surface area contributed by atoms with Gasteiger partial charge in [0.25, 0.3) is 0 Å². The molecule has 0 aliphatic heterocycles. The molecule has 0 heterocycles. The van der Waals surface area contributed by atoms with Gasteiger partial charge in [-0.25, -0.2) is 0 Å². The van der Waals surface area contributed by atoms with Gasteiger partial charge in [-0.3, -0.25) is 0 Å². The van der Waals surface area contributed by atoms with Gasteiger partial charge in [0, 0.05) is 11.3 Å². The lowest BCUT2D eigenvalue weighted by Crippen LogP contribution is -1.99. The molecule has 0 bridgehead atoms. The van der Waals surface area contributed by atoms with Crippen LogP contribution in [0.25, 0.3) is 0 Å². The first-order valence-electron chi connectivity index (χ1n) is 5.25. The molecule has 1 aromatic carbocycles. The van der Waals surface area contributed by atoms with Gasteiger partial charge >= 0.3 is 0 Å². The van der Waals surface area contributed by atoms with Crippen LogP contribution in [-0.4, -0.2) is 11.2 Å². The summed E-state index contributed by atoms with van der Waals surface area (Å²) < 4.78 is 0. The fourth-order valence-corrected chi connectivity index (χ4v) is 1.19. The van der Waals surface area contributed by atoms with Crippen LogP contribution < -0.4 is 5.73 Å². The molecular weight excluding hydrogens is 186 g/mol. The zero-order valence-corrected chi connectivity index (χ0v) is 9.25. The molecule has 2 nitrogen and oxygen atoms in total. The first kappa shape index (κ1) is 11.6. The summed E-state index contributed by atoms with van der Waals surface area (Å²) in [4.78, 5) is 0. The van der Waals surface area contributed by atoms with Crippen molar-refractivity contribution < 1.29 is 5.11 Å². The third-order valence-electron chi connectivity index (χ3n) is 2.29. The first-order chi connectivity index (χ1) is 7.17. The van der Waals surface area contributed by atoms with Crippen molar-refractivity contribution in [1.82, 2.24) is 0 Å². The molecule has 0 unspecified atom stereocenters. The molecule has 0 aliphatic carbocycles. The van der Waals surface area contributed by atoms with E-state index in [9.17, 15) is 5.11 Å². The summed E-state index contributed by atoms with van der Waals surface area (Å²) in [6.07, 6.45) is 1.04. The van der Waals surface area contributed by atoms with E-state index in [1.54, 1.807) is 0 Å². The van der Waals surface area contributed by atoms with E-state index in [0.29, 0.717) is 12.1 Å². The Morgan fingerprint density at radius 3 is 2.73 bits per heavy atom. The summed E-state index contributed by atoms with van der Waals surface area (Å²) in [5.41, 5.74) is 8.47. The molecule has 0 aromatic heterocycles. The summed E-state index contributed by atoms with van der Waals surface area (Å²) in [6.45, 7) is 3.98. The van der Waals surface area contributed by atoms with E-state index in [1.165, 1.54) is 5.56 Å². The van der Waals surface area contributed by atoms with E-state index < -0.39 is 6.10 Å². The topological polar surface area (TPSA) is 46.2 Å². The van der Waals surface area contributed by atoms with Crippen LogP contribution >= 0.6 is 0 Å². The standard InChI is InChI=1S/C13H17NO/c1-3-10-5-8-13(14)11(9-10)6-7-12(15)4-2/h5,8-9,12,15H,3-4,14H2,1-2H3/t12-/m0/s1. The minimum absolute atomic E-state index is 0.560. The van der Waals surface area contributed by atoms with Crippen LogP contribution in [-0.2, 0) is 6.42 Å². The maximum Gasteiger partial charge on any atom is 0.114 e. The predicted octanol–water partition coefficient (Wildman–Crippen LogP) is 1.95. The fourth-order valence-electron chi connectivity index (χ4n) is 1.19. The molecule has 2 heteroatoms. The number of anilines is 1. The van der Waals surface area contributed by atoms with Crippen LogP contribution in [0.3, 0.4) is 0 Å². The summed E-state index contributed by atoms with van der Waals surface area (Å²) >= 11 is 0. The first-order valence-corrected chi connectivity index (χ1v) is 5.25. The normalized spacial score (nSPS) is 11.7. The molecule has 80 valence electrons. The number of aryl methyl sites for hydroxylation is 1. The van der Waals surface area contributed by atoms with E-state index >= 15 is 0 Å². The van der Waals surface area contributed by atoms with Crippen molar-refractivity contribution >= 4 is 5.69 Å². The summed E-state index contributed by atoms with van der Waals surface area (Å²) in [5.74, 6) is 5.68. The van der Waals surface area contributed by atoms with Crippen LogP contribution in [0.2, 0.25) is 0 Å². The highest BCUT2D eigenvalue weighted by Gasteiger charge is 1.98. The van der Waals surface area contributed by atoms with Gasteiger partial charge in [0.1, 0.15) is 6.10 Å². The average Bonchev–Trinajstić information content (AvgIpc) is 2.27. The van der Waals surface area contributed by atoms with Crippen molar-refractivity contribution in [3.05, 3.63) is 29.3 Å². The van der Waals surface area contributed by atoms with Gasteiger partial charge in [-0.15, -0.1) is 0 Å². The second-order valence-corrected chi connectivity index (χ2v) is 3.47. The lowest BCUT2D eigenvalue weighted by Gasteiger charge is -2.02. The van der Waals surface area contributed by atoms with E-state index in [1.807, 2.05) is 25.1 Å². The summed E-state index contributed by atoms with van der Waals surface area (Å²) in [5, 5.41) is 9.32. The Balaban J connectivity index is 2.96. The van der Waals surface area contributed by atoms with Crippen molar-refractivity contribution in [3.8, 4) is 11.8 Å². The second kappa shape index (κ2) is 5.43. The molecular formula is C13H17NO. The third kappa shape index (κ3) is 3.30. The van der Waals surface area contributed by atoms with Crippen molar-refractivity contribution in [1.29, 1.82) is 0 Å². The average molecular weight is 203 g/mol. The molecule has 0 radical (unpaired) electrons. The highest BCUT2D eigenvalue weighted by Crippen LogP contribution is 2.13. The number of aliphatic hydroxyl groups excluding tert-OH is 1. The number of nitrogen functional groups attached to an aromatic ring is 1. The van der Waals surface area contributed by atoms with Crippen LogP contribution in [0.5, 0.6) is 0 Å². The molecule has 1 rings (SSSR count). The Morgan fingerprint density at radius 2 is 2.13 bits per heavy atom. The van der Waals surface area contributed by atoms with Crippen molar-refractivity contribution in [2.45, 2.75) is 32.8 Å². The van der Waals surface area contributed by atoms with Gasteiger partial charge in [0.15, 0.2) is 0 Å². The Hall–Kier alpha value is -1.46. The summed E-state index contributed by atoms with van der Waals surface area (Å²) in [6, 6.07) is 5.84. The van der Waals surface area contributed by atoms with Gasteiger partial charge in [-0.2, -0.15) is 0 Å². The number of hydrogen-bond acceptors (Lipinski definition) is 2. The quantitative estimate of drug-likeness (QED) is 0.570. The van der Waals surface area contributed by atoms with E-state index in [0.717, 1.165) is 12.0 Å². The lowest BCUT2D eigenvalue weighted by molar-refractivity contribution is 0.228. The molecule has 0 aliphatic rings. The molecule has 0 spiro atoms. The number of rotatable bonds is 2. The Labute approximate surface area is 91.1 Å². The van der Waals surface area contributed by atoms with Crippen LogP contribution in [0.4, 0.5) is 5.69 Å².